The number of thioether (sulfide) groups is 1. The van der Waals surface area contributed by atoms with Crippen LogP contribution in [0, 0.1) is 0 Å². The highest BCUT2D eigenvalue weighted by Gasteiger charge is 2.20. The molecule has 0 amide bonds. The van der Waals surface area contributed by atoms with E-state index in [4.69, 9.17) is 16.7 Å². The van der Waals surface area contributed by atoms with Crippen LogP contribution in [0.5, 0.6) is 0 Å². The summed E-state index contributed by atoms with van der Waals surface area (Å²) in [5, 5.41) is 17.5. The summed E-state index contributed by atoms with van der Waals surface area (Å²) in [6.45, 7) is 0. The number of rotatable bonds is 2. The molecule has 1 aliphatic rings. The molecule has 1 N–H and O–H groups in total. The number of carboxylic acid groups (broad SMARTS) is 1. The molecule has 7 heteroatoms. The van der Waals surface area contributed by atoms with E-state index in [1.54, 1.807) is 6.07 Å². The van der Waals surface area contributed by atoms with Crippen molar-refractivity contribution in [3.63, 3.8) is 0 Å². The van der Waals surface area contributed by atoms with E-state index in [2.05, 4.69) is 10.3 Å². The number of halogens is 1. The minimum atomic E-state index is -1.05. The number of hydrogen-bond acceptors (Lipinski definition) is 4. The third kappa shape index (κ3) is 2.30. The van der Waals surface area contributed by atoms with Crippen LogP contribution in [-0.4, -0.2) is 37.6 Å². The Kier molecular flexibility index (Phi) is 3.36. The molecular formula is C12H12ClN3O2S. The van der Waals surface area contributed by atoms with E-state index < -0.39 is 5.97 Å². The first-order chi connectivity index (χ1) is 9.16. The topological polar surface area (TPSA) is 68.0 Å². The molecule has 5 nitrogen and oxygen atoms in total. The lowest BCUT2D eigenvalue weighted by Crippen LogP contribution is -2.16. The number of aromatic carboxylic acids is 1. The summed E-state index contributed by atoms with van der Waals surface area (Å²) in [7, 11) is 0. The minimum Gasteiger partial charge on any atom is -0.478 e. The monoisotopic (exact) mass is 297 g/mol. The predicted molar refractivity (Wildman–Crippen MR) is 75.1 cm³/mol. The summed E-state index contributed by atoms with van der Waals surface area (Å²) >= 11 is 7.96. The van der Waals surface area contributed by atoms with Gasteiger partial charge in [-0.1, -0.05) is 16.8 Å². The summed E-state index contributed by atoms with van der Waals surface area (Å²) in [6.07, 6.45) is 2.11. The van der Waals surface area contributed by atoms with Crippen molar-refractivity contribution in [1.29, 1.82) is 0 Å². The van der Waals surface area contributed by atoms with Gasteiger partial charge in [-0.05, 0) is 36.5 Å². The third-order valence-electron chi connectivity index (χ3n) is 3.33. The van der Waals surface area contributed by atoms with Crippen LogP contribution < -0.4 is 0 Å². The van der Waals surface area contributed by atoms with Crippen molar-refractivity contribution in [3.05, 3.63) is 22.7 Å². The van der Waals surface area contributed by atoms with Gasteiger partial charge in [-0.25, -0.2) is 9.48 Å². The molecule has 0 spiro atoms. The molecule has 2 aromatic rings. The van der Waals surface area contributed by atoms with Crippen LogP contribution >= 0.6 is 23.4 Å². The maximum Gasteiger partial charge on any atom is 0.337 e. The molecule has 0 unspecified atom stereocenters. The maximum absolute atomic E-state index is 11.0. The summed E-state index contributed by atoms with van der Waals surface area (Å²) in [5.74, 6) is 1.19. The smallest absolute Gasteiger partial charge is 0.337 e. The number of hydrogen-bond donors (Lipinski definition) is 1. The normalized spacial score (nSPS) is 16.9. The maximum atomic E-state index is 11.0. The molecule has 1 aliphatic heterocycles. The summed E-state index contributed by atoms with van der Waals surface area (Å²) in [5.41, 5.74) is 1.47. The molecule has 1 fully saturated rings. The molecule has 1 saturated heterocycles. The van der Waals surface area contributed by atoms with Crippen molar-refractivity contribution in [1.82, 2.24) is 15.0 Å². The molecule has 1 aromatic heterocycles. The third-order valence-corrected chi connectivity index (χ3v) is 4.69. The molecule has 0 saturated carbocycles. The number of fused-ring (bicyclic) bond motifs is 1. The Balaban J connectivity index is 2.07. The van der Waals surface area contributed by atoms with Gasteiger partial charge in [-0.2, -0.15) is 11.8 Å². The highest BCUT2D eigenvalue weighted by atomic mass is 35.5. The van der Waals surface area contributed by atoms with Gasteiger partial charge in [0.25, 0.3) is 0 Å². The van der Waals surface area contributed by atoms with Crippen molar-refractivity contribution >= 4 is 40.4 Å². The Morgan fingerprint density at radius 3 is 2.84 bits per heavy atom. The Hall–Kier alpha value is -1.27. The molecule has 0 bridgehead atoms. The van der Waals surface area contributed by atoms with Crippen molar-refractivity contribution in [2.45, 2.75) is 18.9 Å². The van der Waals surface area contributed by atoms with Crippen LogP contribution in [0.15, 0.2) is 12.1 Å². The Bertz CT molecular complexity index is 637. The quantitative estimate of drug-likeness (QED) is 0.923. The van der Waals surface area contributed by atoms with E-state index in [9.17, 15) is 4.79 Å². The predicted octanol–water partition coefficient (Wildman–Crippen LogP) is 2.85. The number of aromatic nitrogens is 3. The molecule has 0 atom stereocenters. The standard InChI is InChI=1S/C12H12ClN3O2S/c13-9-6-11-10(5-8(9)12(17)18)14-15-16(11)7-1-3-19-4-2-7/h5-7H,1-4H2,(H,17,18). The van der Waals surface area contributed by atoms with Gasteiger partial charge in [0.05, 0.1) is 22.1 Å². The lowest BCUT2D eigenvalue weighted by molar-refractivity contribution is 0.0697. The van der Waals surface area contributed by atoms with E-state index in [1.807, 2.05) is 16.4 Å². The lowest BCUT2D eigenvalue weighted by atomic mass is 10.1. The number of carboxylic acids is 1. The Morgan fingerprint density at radius 2 is 2.16 bits per heavy atom. The first-order valence-corrected chi connectivity index (χ1v) is 7.55. The summed E-state index contributed by atoms with van der Waals surface area (Å²) in [6, 6.07) is 3.47. The Morgan fingerprint density at radius 1 is 1.42 bits per heavy atom. The fourth-order valence-electron chi connectivity index (χ4n) is 2.32. The first-order valence-electron chi connectivity index (χ1n) is 6.02. The number of carbonyl (C=O) groups is 1. The molecule has 1 aromatic carbocycles. The van der Waals surface area contributed by atoms with Crippen LogP contribution in [0.4, 0.5) is 0 Å². The fourth-order valence-corrected chi connectivity index (χ4v) is 3.64. The van der Waals surface area contributed by atoms with Crippen molar-refractivity contribution in [2.75, 3.05) is 11.5 Å². The second-order valence-corrected chi connectivity index (χ2v) is 6.14. The van der Waals surface area contributed by atoms with Crippen LogP contribution in [-0.2, 0) is 0 Å². The second-order valence-electron chi connectivity index (χ2n) is 4.50. The van der Waals surface area contributed by atoms with E-state index in [0.717, 1.165) is 29.9 Å². The van der Waals surface area contributed by atoms with Crippen LogP contribution in [0.1, 0.15) is 29.2 Å². The van der Waals surface area contributed by atoms with Gasteiger partial charge >= 0.3 is 5.97 Å². The van der Waals surface area contributed by atoms with E-state index in [1.165, 1.54) is 6.07 Å². The fraction of sp³-hybridized carbons (Fsp3) is 0.417. The number of benzene rings is 1. The first kappa shape index (κ1) is 12.7. The molecule has 0 radical (unpaired) electrons. The van der Waals surface area contributed by atoms with Crippen molar-refractivity contribution in [2.24, 2.45) is 0 Å². The molecule has 3 rings (SSSR count). The van der Waals surface area contributed by atoms with Crippen LogP contribution in [0.2, 0.25) is 5.02 Å². The molecule has 100 valence electrons. The zero-order valence-electron chi connectivity index (χ0n) is 10.0. The second kappa shape index (κ2) is 5.02. The number of nitrogens with zero attached hydrogens (tertiary/aromatic N) is 3. The van der Waals surface area contributed by atoms with Gasteiger partial charge in [0.2, 0.25) is 0 Å². The van der Waals surface area contributed by atoms with Gasteiger partial charge in [0, 0.05) is 0 Å². The summed E-state index contributed by atoms with van der Waals surface area (Å²) in [4.78, 5) is 11.0. The van der Waals surface area contributed by atoms with Gasteiger partial charge in [0.1, 0.15) is 5.52 Å². The molecule has 19 heavy (non-hydrogen) atoms. The largest absolute Gasteiger partial charge is 0.478 e. The van der Waals surface area contributed by atoms with Crippen LogP contribution in [0.25, 0.3) is 11.0 Å². The minimum absolute atomic E-state index is 0.0698. The Labute approximate surface area is 118 Å². The van der Waals surface area contributed by atoms with Gasteiger partial charge < -0.3 is 5.11 Å². The lowest BCUT2D eigenvalue weighted by Gasteiger charge is -2.21. The van der Waals surface area contributed by atoms with Crippen LogP contribution in [0.3, 0.4) is 0 Å². The zero-order chi connectivity index (χ0) is 13.4. The summed E-state index contributed by atoms with van der Waals surface area (Å²) < 4.78 is 1.88. The highest BCUT2D eigenvalue weighted by molar-refractivity contribution is 7.99. The van der Waals surface area contributed by atoms with Gasteiger partial charge in [0.15, 0.2) is 0 Å². The van der Waals surface area contributed by atoms with Gasteiger partial charge in [-0.3, -0.25) is 0 Å². The average molecular weight is 298 g/mol. The van der Waals surface area contributed by atoms with E-state index in [0.29, 0.717) is 11.6 Å². The highest BCUT2D eigenvalue weighted by Crippen LogP contribution is 2.30. The van der Waals surface area contributed by atoms with Crippen molar-refractivity contribution < 1.29 is 9.90 Å². The van der Waals surface area contributed by atoms with Gasteiger partial charge in [-0.15, -0.1) is 5.10 Å². The molecule has 2 heterocycles. The zero-order valence-corrected chi connectivity index (χ0v) is 11.6. The van der Waals surface area contributed by atoms with E-state index in [-0.39, 0.29) is 10.6 Å². The average Bonchev–Trinajstić information content (AvgIpc) is 2.81. The van der Waals surface area contributed by atoms with E-state index >= 15 is 0 Å². The van der Waals surface area contributed by atoms with Crippen molar-refractivity contribution in [3.8, 4) is 0 Å². The molecular weight excluding hydrogens is 286 g/mol. The molecule has 0 aliphatic carbocycles. The SMILES string of the molecule is O=C(O)c1cc2nnn(C3CCSCC3)c2cc1Cl.